The quantitative estimate of drug-likeness (QED) is 0.914. The van der Waals surface area contributed by atoms with Crippen molar-refractivity contribution in [3.05, 3.63) is 46.2 Å². The summed E-state index contributed by atoms with van der Waals surface area (Å²) in [5.41, 5.74) is 1.18. The largest absolute Gasteiger partial charge is 0.478 e. The van der Waals surface area contributed by atoms with Crippen molar-refractivity contribution < 1.29 is 4.74 Å². The summed E-state index contributed by atoms with van der Waals surface area (Å²) < 4.78 is 6.48. The van der Waals surface area contributed by atoms with Crippen LogP contribution < -0.4 is 10.1 Å². The summed E-state index contributed by atoms with van der Waals surface area (Å²) in [4.78, 5) is 8.56. The zero-order valence-corrected chi connectivity index (χ0v) is 12.6. The Morgan fingerprint density at radius 3 is 2.79 bits per heavy atom. The third kappa shape index (κ3) is 3.92. The van der Waals surface area contributed by atoms with Crippen molar-refractivity contribution in [3.63, 3.8) is 0 Å². The van der Waals surface area contributed by atoms with Crippen LogP contribution in [0.1, 0.15) is 18.3 Å². The Balaban J connectivity index is 2.09. The van der Waals surface area contributed by atoms with Crippen LogP contribution in [-0.2, 0) is 6.54 Å². The van der Waals surface area contributed by atoms with Gasteiger partial charge in [0.25, 0.3) is 0 Å². The number of ether oxygens (including phenoxy) is 1. The molecular weight excluding hydrogens is 306 g/mol. The first-order chi connectivity index (χ1) is 9.19. The highest BCUT2D eigenvalue weighted by Crippen LogP contribution is 2.18. The van der Waals surface area contributed by atoms with Gasteiger partial charge in [0.2, 0.25) is 5.88 Å². The van der Waals surface area contributed by atoms with E-state index in [-0.39, 0.29) is 0 Å². The van der Waals surface area contributed by atoms with Gasteiger partial charge in [0, 0.05) is 17.1 Å². The summed E-state index contributed by atoms with van der Waals surface area (Å²) in [5.74, 6) is 2.07. The van der Waals surface area contributed by atoms with Gasteiger partial charge >= 0.3 is 0 Å². The fraction of sp³-hybridized carbons (Fsp3) is 0.286. The lowest BCUT2D eigenvalue weighted by atomic mass is 10.2. The average Bonchev–Trinajstić information content (AvgIpc) is 2.37. The van der Waals surface area contributed by atoms with E-state index in [1.54, 1.807) is 0 Å². The molecule has 1 N–H and O–H groups in total. The molecule has 19 heavy (non-hydrogen) atoms. The molecule has 0 radical (unpaired) electrons. The standard InChI is InChI=1S/C14H16BrN3O/c1-3-19-14-8-13(17-10(2)18-14)16-9-11-6-4-5-7-12(11)15/h4-8H,3,9H2,1-2H3,(H,16,17,18). The van der Waals surface area contributed by atoms with E-state index in [0.717, 1.165) is 10.3 Å². The molecule has 4 nitrogen and oxygen atoms in total. The number of nitrogens with one attached hydrogen (secondary N) is 1. The molecule has 0 atom stereocenters. The van der Waals surface area contributed by atoms with Gasteiger partial charge in [-0.25, -0.2) is 4.98 Å². The number of rotatable bonds is 5. The van der Waals surface area contributed by atoms with Crippen LogP contribution in [0.4, 0.5) is 5.82 Å². The molecule has 0 bridgehead atoms. The Labute approximate surface area is 121 Å². The molecule has 0 saturated carbocycles. The highest BCUT2D eigenvalue weighted by Gasteiger charge is 2.03. The molecule has 0 unspecified atom stereocenters. The number of hydrogen-bond acceptors (Lipinski definition) is 4. The Hall–Kier alpha value is -1.62. The number of nitrogens with zero attached hydrogens (tertiary/aromatic N) is 2. The maximum atomic E-state index is 5.40. The number of aryl methyl sites for hydroxylation is 1. The summed E-state index contributed by atoms with van der Waals surface area (Å²) in [7, 11) is 0. The zero-order valence-electron chi connectivity index (χ0n) is 11.0. The molecule has 100 valence electrons. The van der Waals surface area contributed by atoms with Gasteiger partial charge in [-0.2, -0.15) is 4.98 Å². The molecule has 1 aromatic carbocycles. The Morgan fingerprint density at radius 1 is 1.26 bits per heavy atom. The van der Waals surface area contributed by atoms with Gasteiger partial charge < -0.3 is 10.1 Å². The second-order valence-electron chi connectivity index (χ2n) is 4.02. The summed E-state index contributed by atoms with van der Waals surface area (Å²) in [6, 6.07) is 9.91. The van der Waals surface area contributed by atoms with Crippen LogP contribution in [0.5, 0.6) is 5.88 Å². The van der Waals surface area contributed by atoms with Crippen LogP contribution in [0, 0.1) is 6.92 Å². The van der Waals surface area contributed by atoms with E-state index < -0.39 is 0 Å². The van der Waals surface area contributed by atoms with Crippen LogP contribution in [0.25, 0.3) is 0 Å². The minimum Gasteiger partial charge on any atom is -0.478 e. The topological polar surface area (TPSA) is 47.0 Å². The molecule has 0 aliphatic carbocycles. The lowest BCUT2D eigenvalue weighted by Gasteiger charge is -2.09. The Kier molecular flexibility index (Phi) is 4.74. The molecule has 0 aliphatic rings. The predicted octanol–water partition coefficient (Wildman–Crippen LogP) is 3.56. The molecule has 1 heterocycles. The van der Waals surface area contributed by atoms with E-state index in [2.05, 4.69) is 37.3 Å². The molecule has 0 saturated heterocycles. The van der Waals surface area contributed by atoms with Crippen molar-refractivity contribution in [2.75, 3.05) is 11.9 Å². The maximum absolute atomic E-state index is 5.40. The minimum absolute atomic E-state index is 0.597. The van der Waals surface area contributed by atoms with E-state index in [9.17, 15) is 0 Å². The molecule has 0 fully saturated rings. The number of aromatic nitrogens is 2. The molecule has 0 spiro atoms. The van der Waals surface area contributed by atoms with E-state index in [0.29, 0.717) is 24.9 Å². The summed E-state index contributed by atoms with van der Waals surface area (Å²) in [6.07, 6.45) is 0. The molecular formula is C14H16BrN3O. The van der Waals surface area contributed by atoms with Crippen molar-refractivity contribution in [2.24, 2.45) is 0 Å². The Morgan fingerprint density at radius 2 is 2.05 bits per heavy atom. The van der Waals surface area contributed by atoms with Gasteiger partial charge in [-0.1, -0.05) is 34.1 Å². The second-order valence-corrected chi connectivity index (χ2v) is 4.87. The van der Waals surface area contributed by atoms with E-state index in [4.69, 9.17) is 4.74 Å². The highest BCUT2D eigenvalue weighted by atomic mass is 79.9. The van der Waals surface area contributed by atoms with Crippen molar-refractivity contribution >= 4 is 21.7 Å². The van der Waals surface area contributed by atoms with Crippen LogP contribution in [0.15, 0.2) is 34.8 Å². The first kappa shape index (κ1) is 13.8. The summed E-state index contributed by atoms with van der Waals surface area (Å²) >= 11 is 3.53. The fourth-order valence-electron chi connectivity index (χ4n) is 1.68. The Bertz CT molecular complexity index is 560. The second kappa shape index (κ2) is 6.52. The van der Waals surface area contributed by atoms with Crippen molar-refractivity contribution in [3.8, 4) is 5.88 Å². The maximum Gasteiger partial charge on any atom is 0.218 e. The van der Waals surface area contributed by atoms with Crippen LogP contribution in [0.3, 0.4) is 0 Å². The molecule has 5 heteroatoms. The summed E-state index contributed by atoms with van der Waals surface area (Å²) in [5, 5.41) is 3.28. The van der Waals surface area contributed by atoms with Gasteiger partial charge in [0.15, 0.2) is 0 Å². The number of benzene rings is 1. The molecule has 0 aliphatic heterocycles. The first-order valence-electron chi connectivity index (χ1n) is 6.15. The SMILES string of the molecule is CCOc1cc(NCc2ccccc2Br)nc(C)n1. The van der Waals surface area contributed by atoms with E-state index in [1.807, 2.05) is 38.1 Å². The first-order valence-corrected chi connectivity index (χ1v) is 6.94. The molecule has 2 aromatic rings. The fourth-order valence-corrected chi connectivity index (χ4v) is 2.11. The third-order valence-corrected chi connectivity index (χ3v) is 3.30. The van der Waals surface area contributed by atoms with Crippen LogP contribution >= 0.6 is 15.9 Å². The molecule has 0 amide bonds. The van der Waals surface area contributed by atoms with Crippen molar-refractivity contribution in [1.29, 1.82) is 0 Å². The minimum atomic E-state index is 0.597. The van der Waals surface area contributed by atoms with Gasteiger partial charge in [0.1, 0.15) is 11.6 Å². The summed E-state index contributed by atoms with van der Waals surface area (Å²) in [6.45, 7) is 5.08. The van der Waals surface area contributed by atoms with Crippen LogP contribution in [0.2, 0.25) is 0 Å². The number of anilines is 1. The number of hydrogen-bond donors (Lipinski definition) is 1. The van der Waals surface area contributed by atoms with Gasteiger partial charge in [-0.15, -0.1) is 0 Å². The predicted molar refractivity (Wildman–Crippen MR) is 79.4 cm³/mol. The van der Waals surface area contributed by atoms with Crippen LogP contribution in [-0.4, -0.2) is 16.6 Å². The molecule has 2 rings (SSSR count). The normalized spacial score (nSPS) is 10.3. The number of halogens is 1. The van der Waals surface area contributed by atoms with E-state index in [1.165, 1.54) is 5.56 Å². The highest BCUT2D eigenvalue weighted by molar-refractivity contribution is 9.10. The van der Waals surface area contributed by atoms with E-state index >= 15 is 0 Å². The average molecular weight is 322 g/mol. The van der Waals surface area contributed by atoms with Gasteiger partial charge in [0.05, 0.1) is 6.61 Å². The monoisotopic (exact) mass is 321 g/mol. The van der Waals surface area contributed by atoms with Gasteiger partial charge in [-0.3, -0.25) is 0 Å². The lowest BCUT2D eigenvalue weighted by molar-refractivity contribution is 0.325. The smallest absolute Gasteiger partial charge is 0.218 e. The zero-order chi connectivity index (χ0) is 13.7. The van der Waals surface area contributed by atoms with Gasteiger partial charge in [-0.05, 0) is 25.5 Å². The van der Waals surface area contributed by atoms with Crippen molar-refractivity contribution in [1.82, 2.24) is 9.97 Å². The lowest BCUT2D eigenvalue weighted by Crippen LogP contribution is -2.05. The van der Waals surface area contributed by atoms with Crippen molar-refractivity contribution in [2.45, 2.75) is 20.4 Å². The molecule has 1 aromatic heterocycles. The third-order valence-electron chi connectivity index (χ3n) is 2.52.